The molecule has 0 spiro atoms. The number of esters is 1. The second kappa shape index (κ2) is 7.44. The molecule has 0 saturated carbocycles. The van der Waals surface area contributed by atoms with Crippen molar-refractivity contribution < 1.29 is 14.3 Å². The van der Waals surface area contributed by atoms with Crippen LogP contribution in [0.5, 0.6) is 0 Å². The highest BCUT2D eigenvalue weighted by Gasteiger charge is 2.16. The van der Waals surface area contributed by atoms with Gasteiger partial charge in [0.25, 0.3) is 5.91 Å². The Morgan fingerprint density at radius 3 is 2.48 bits per heavy atom. The zero-order valence-electron chi connectivity index (χ0n) is 12.5. The summed E-state index contributed by atoms with van der Waals surface area (Å²) in [7, 11) is 2.90. The van der Waals surface area contributed by atoms with E-state index in [2.05, 4.69) is 9.72 Å². The molecule has 0 bridgehead atoms. The van der Waals surface area contributed by atoms with Crippen LogP contribution in [0, 0.1) is 0 Å². The molecule has 7 heteroatoms. The van der Waals surface area contributed by atoms with Gasteiger partial charge in [0, 0.05) is 13.6 Å². The van der Waals surface area contributed by atoms with E-state index in [-0.39, 0.29) is 17.3 Å². The Kier molecular flexibility index (Phi) is 5.58. The number of amides is 1. The molecule has 120 valence electrons. The highest BCUT2D eigenvalue weighted by atomic mass is 35.5. The summed E-state index contributed by atoms with van der Waals surface area (Å²) in [6.07, 6.45) is 0. The Morgan fingerprint density at radius 2 is 1.83 bits per heavy atom. The second-order valence-electron chi connectivity index (χ2n) is 4.81. The minimum absolute atomic E-state index is 0.0845. The number of hydrogen-bond acceptors (Lipinski definition) is 4. The van der Waals surface area contributed by atoms with E-state index >= 15 is 0 Å². The van der Waals surface area contributed by atoms with Gasteiger partial charge in [-0.3, -0.25) is 4.79 Å². The summed E-state index contributed by atoms with van der Waals surface area (Å²) in [6.45, 7) is 0.333. The van der Waals surface area contributed by atoms with Crippen molar-refractivity contribution >= 4 is 35.1 Å². The third-order valence-electron chi connectivity index (χ3n) is 3.11. The number of benzene rings is 1. The molecule has 0 N–H and O–H groups in total. The van der Waals surface area contributed by atoms with Crippen LogP contribution in [0.1, 0.15) is 26.5 Å². The van der Waals surface area contributed by atoms with E-state index in [0.29, 0.717) is 16.6 Å². The van der Waals surface area contributed by atoms with Crippen LogP contribution in [-0.2, 0) is 11.3 Å². The SMILES string of the molecule is COC(=O)c1cccc(C(=O)N(C)Cc2ccc(Cl)c(Cl)c2)n1. The molecule has 0 aliphatic rings. The first kappa shape index (κ1) is 17.2. The number of carbonyl (C=O) groups is 2. The molecule has 1 aromatic carbocycles. The average Bonchev–Trinajstić information content (AvgIpc) is 2.56. The topological polar surface area (TPSA) is 59.5 Å². The Labute approximate surface area is 143 Å². The molecular weight excluding hydrogens is 339 g/mol. The van der Waals surface area contributed by atoms with Gasteiger partial charge in [-0.05, 0) is 29.8 Å². The lowest BCUT2D eigenvalue weighted by atomic mass is 10.2. The van der Waals surface area contributed by atoms with Gasteiger partial charge in [-0.2, -0.15) is 0 Å². The van der Waals surface area contributed by atoms with Crippen LogP contribution in [0.3, 0.4) is 0 Å². The van der Waals surface area contributed by atoms with Crippen molar-refractivity contribution in [1.82, 2.24) is 9.88 Å². The van der Waals surface area contributed by atoms with Crippen LogP contribution in [0.25, 0.3) is 0 Å². The zero-order valence-corrected chi connectivity index (χ0v) is 14.1. The number of aromatic nitrogens is 1. The lowest BCUT2D eigenvalue weighted by molar-refractivity contribution is 0.0593. The first-order chi connectivity index (χ1) is 10.9. The van der Waals surface area contributed by atoms with Crippen LogP contribution in [0.4, 0.5) is 0 Å². The normalized spacial score (nSPS) is 10.3. The number of hydrogen-bond donors (Lipinski definition) is 0. The van der Waals surface area contributed by atoms with Crippen molar-refractivity contribution in [1.29, 1.82) is 0 Å². The van der Waals surface area contributed by atoms with Crippen molar-refractivity contribution in [3.63, 3.8) is 0 Å². The standard InChI is InChI=1S/C16H14Cl2N2O3/c1-20(9-10-6-7-11(17)12(18)8-10)15(21)13-4-3-5-14(19-13)16(22)23-2/h3-8H,9H2,1-2H3. The van der Waals surface area contributed by atoms with Gasteiger partial charge in [0.05, 0.1) is 17.2 Å². The number of halogens is 2. The maximum absolute atomic E-state index is 12.4. The van der Waals surface area contributed by atoms with E-state index in [1.165, 1.54) is 18.1 Å². The van der Waals surface area contributed by atoms with Gasteiger partial charge in [0.2, 0.25) is 0 Å². The van der Waals surface area contributed by atoms with Crippen LogP contribution in [0.15, 0.2) is 36.4 Å². The van der Waals surface area contributed by atoms with Crippen LogP contribution >= 0.6 is 23.2 Å². The van der Waals surface area contributed by atoms with E-state index < -0.39 is 5.97 Å². The molecule has 1 heterocycles. The highest BCUT2D eigenvalue weighted by molar-refractivity contribution is 6.42. The first-order valence-corrected chi connectivity index (χ1v) is 7.42. The molecule has 0 unspecified atom stereocenters. The van der Waals surface area contributed by atoms with Crippen LogP contribution in [-0.4, -0.2) is 35.9 Å². The van der Waals surface area contributed by atoms with Gasteiger partial charge >= 0.3 is 5.97 Å². The Bertz CT molecular complexity index is 750. The maximum Gasteiger partial charge on any atom is 0.356 e. The molecular formula is C16H14Cl2N2O3. The molecule has 1 amide bonds. The van der Waals surface area contributed by atoms with Gasteiger partial charge in [-0.15, -0.1) is 0 Å². The fourth-order valence-corrected chi connectivity index (χ4v) is 2.27. The largest absolute Gasteiger partial charge is 0.464 e. The van der Waals surface area contributed by atoms with E-state index in [9.17, 15) is 9.59 Å². The van der Waals surface area contributed by atoms with E-state index in [0.717, 1.165) is 5.56 Å². The molecule has 0 aliphatic heterocycles. The van der Waals surface area contributed by atoms with Gasteiger partial charge < -0.3 is 9.64 Å². The summed E-state index contributed by atoms with van der Waals surface area (Å²) in [5.41, 5.74) is 1.08. The van der Waals surface area contributed by atoms with Crippen molar-refractivity contribution in [2.24, 2.45) is 0 Å². The van der Waals surface area contributed by atoms with Crippen molar-refractivity contribution in [3.05, 3.63) is 63.4 Å². The summed E-state index contributed by atoms with van der Waals surface area (Å²) >= 11 is 11.8. The highest BCUT2D eigenvalue weighted by Crippen LogP contribution is 2.23. The lowest BCUT2D eigenvalue weighted by Gasteiger charge is -2.17. The minimum Gasteiger partial charge on any atom is -0.464 e. The molecule has 0 saturated heterocycles. The van der Waals surface area contributed by atoms with E-state index in [1.54, 1.807) is 37.4 Å². The number of pyridine rings is 1. The number of nitrogens with zero attached hydrogens (tertiary/aromatic N) is 2. The Balaban J connectivity index is 2.16. The average molecular weight is 353 g/mol. The maximum atomic E-state index is 12.4. The Hall–Kier alpha value is -2.11. The molecule has 0 radical (unpaired) electrons. The van der Waals surface area contributed by atoms with Gasteiger partial charge in [0.1, 0.15) is 11.4 Å². The molecule has 0 atom stereocenters. The van der Waals surface area contributed by atoms with Crippen LogP contribution in [0.2, 0.25) is 10.0 Å². The monoisotopic (exact) mass is 352 g/mol. The van der Waals surface area contributed by atoms with Gasteiger partial charge in [-0.25, -0.2) is 9.78 Å². The minimum atomic E-state index is -0.591. The second-order valence-corrected chi connectivity index (χ2v) is 5.62. The van der Waals surface area contributed by atoms with Crippen LogP contribution < -0.4 is 0 Å². The fraction of sp³-hybridized carbons (Fsp3) is 0.188. The quantitative estimate of drug-likeness (QED) is 0.790. The predicted molar refractivity (Wildman–Crippen MR) is 87.8 cm³/mol. The molecule has 2 rings (SSSR count). The fourth-order valence-electron chi connectivity index (χ4n) is 1.95. The van der Waals surface area contributed by atoms with Crippen molar-refractivity contribution in [2.75, 3.05) is 14.2 Å². The van der Waals surface area contributed by atoms with Gasteiger partial charge in [0.15, 0.2) is 0 Å². The summed E-state index contributed by atoms with van der Waals surface area (Å²) in [5, 5.41) is 0.882. The molecule has 1 aromatic heterocycles. The number of methoxy groups -OCH3 is 1. The van der Waals surface area contributed by atoms with Crippen molar-refractivity contribution in [3.8, 4) is 0 Å². The summed E-state index contributed by atoms with van der Waals surface area (Å²) in [6, 6.07) is 9.77. The third-order valence-corrected chi connectivity index (χ3v) is 3.85. The van der Waals surface area contributed by atoms with E-state index in [4.69, 9.17) is 23.2 Å². The smallest absolute Gasteiger partial charge is 0.356 e. The summed E-state index contributed by atoms with van der Waals surface area (Å²) in [4.78, 5) is 29.4. The zero-order chi connectivity index (χ0) is 17.0. The number of ether oxygens (including phenoxy) is 1. The molecule has 0 aliphatic carbocycles. The first-order valence-electron chi connectivity index (χ1n) is 6.67. The van der Waals surface area contributed by atoms with Gasteiger partial charge in [-0.1, -0.05) is 35.3 Å². The predicted octanol–water partition coefficient (Wildman–Crippen LogP) is 3.45. The van der Waals surface area contributed by atoms with E-state index in [1.807, 2.05) is 0 Å². The molecule has 0 fully saturated rings. The molecule has 5 nitrogen and oxygen atoms in total. The molecule has 23 heavy (non-hydrogen) atoms. The lowest BCUT2D eigenvalue weighted by Crippen LogP contribution is -2.27. The third kappa shape index (κ3) is 4.21. The number of rotatable bonds is 4. The molecule has 2 aromatic rings. The Morgan fingerprint density at radius 1 is 1.13 bits per heavy atom. The van der Waals surface area contributed by atoms with Crippen molar-refractivity contribution in [2.45, 2.75) is 6.54 Å². The summed E-state index contributed by atoms with van der Waals surface area (Å²) in [5.74, 6) is -0.909. The summed E-state index contributed by atoms with van der Waals surface area (Å²) < 4.78 is 4.60. The number of carbonyl (C=O) groups excluding carboxylic acids is 2.